The molecule has 2 aromatic carbocycles. The summed E-state index contributed by atoms with van der Waals surface area (Å²) >= 11 is 5.90. The normalized spacial score (nSPS) is 18.0. The number of benzene rings is 2. The molecule has 4 rings (SSSR count). The summed E-state index contributed by atoms with van der Waals surface area (Å²) in [6.45, 7) is 5.70. The van der Waals surface area contributed by atoms with Crippen molar-refractivity contribution in [3.63, 3.8) is 0 Å². The van der Waals surface area contributed by atoms with Gasteiger partial charge in [0.25, 0.3) is 5.91 Å². The molecular formula is C24H31ClN4O2. The highest BCUT2D eigenvalue weighted by atomic mass is 35.5. The molecule has 7 heteroatoms. The number of amides is 1. The zero-order valence-electron chi connectivity index (χ0n) is 18.3. The lowest BCUT2D eigenvalue weighted by atomic mass is 10.00. The molecule has 0 radical (unpaired) electrons. The first-order valence-corrected chi connectivity index (χ1v) is 11.3. The number of carbonyl (C=O) groups excluding carboxylic acids is 1. The summed E-state index contributed by atoms with van der Waals surface area (Å²) in [6.07, 6.45) is 1.08. The van der Waals surface area contributed by atoms with E-state index in [2.05, 4.69) is 52.3 Å². The highest BCUT2D eigenvalue weighted by Crippen LogP contribution is 2.31. The van der Waals surface area contributed by atoms with Crippen LogP contribution in [0.4, 0.5) is 5.69 Å². The van der Waals surface area contributed by atoms with Crippen molar-refractivity contribution >= 4 is 23.2 Å². The summed E-state index contributed by atoms with van der Waals surface area (Å²) in [5, 5.41) is 3.74. The molecular weight excluding hydrogens is 412 g/mol. The van der Waals surface area contributed by atoms with Gasteiger partial charge in [-0.15, -0.1) is 0 Å². The minimum Gasteiger partial charge on any atom is -0.484 e. The molecule has 31 heavy (non-hydrogen) atoms. The molecule has 1 unspecified atom stereocenters. The Morgan fingerprint density at radius 1 is 1.06 bits per heavy atom. The van der Waals surface area contributed by atoms with Crippen LogP contribution in [0.25, 0.3) is 0 Å². The lowest BCUT2D eigenvalue weighted by Gasteiger charge is -2.38. The molecule has 0 saturated carbocycles. The number of piperazine rings is 1. The minimum atomic E-state index is -0.116. The maximum Gasteiger partial charge on any atom is 0.258 e. The number of rotatable bonds is 7. The van der Waals surface area contributed by atoms with E-state index in [9.17, 15) is 4.79 Å². The van der Waals surface area contributed by atoms with E-state index in [1.807, 2.05) is 0 Å². The number of nitrogens with zero attached hydrogens (tertiary/aromatic N) is 3. The lowest BCUT2D eigenvalue weighted by molar-refractivity contribution is -0.123. The van der Waals surface area contributed by atoms with Gasteiger partial charge in [-0.2, -0.15) is 0 Å². The molecule has 166 valence electrons. The Bertz CT molecular complexity index is 897. The van der Waals surface area contributed by atoms with Crippen molar-refractivity contribution in [2.75, 3.05) is 64.9 Å². The number of carbonyl (C=O) groups is 1. The summed E-state index contributed by atoms with van der Waals surface area (Å²) in [5.41, 5.74) is 4.00. The van der Waals surface area contributed by atoms with Gasteiger partial charge in [0.05, 0.1) is 6.04 Å². The lowest BCUT2D eigenvalue weighted by Crippen LogP contribution is -2.48. The van der Waals surface area contributed by atoms with Gasteiger partial charge in [-0.05, 0) is 54.9 Å². The molecule has 2 aliphatic heterocycles. The Labute approximate surface area is 189 Å². The van der Waals surface area contributed by atoms with Crippen molar-refractivity contribution < 1.29 is 9.53 Å². The Morgan fingerprint density at radius 3 is 2.55 bits per heavy atom. The smallest absolute Gasteiger partial charge is 0.258 e. The Hall–Kier alpha value is -2.28. The van der Waals surface area contributed by atoms with Crippen LogP contribution in [0.1, 0.15) is 17.2 Å². The average Bonchev–Trinajstić information content (AvgIpc) is 3.15. The molecule has 0 aliphatic carbocycles. The molecule has 2 aromatic rings. The second-order valence-corrected chi connectivity index (χ2v) is 8.90. The van der Waals surface area contributed by atoms with Crippen molar-refractivity contribution in [2.45, 2.75) is 12.5 Å². The van der Waals surface area contributed by atoms with Crippen LogP contribution in [0.3, 0.4) is 0 Å². The molecule has 0 aromatic heterocycles. The molecule has 2 heterocycles. The van der Waals surface area contributed by atoms with Gasteiger partial charge in [0, 0.05) is 57.0 Å². The Kier molecular flexibility index (Phi) is 7.00. The van der Waals surface area contributed by atoms with E-state index in [1.165, 1.54) is 16.8 Å². The van der Waals surface area contributed by atoms with E-state index in [0.717, 1.165) is 39.1 Å². The maximum absolute atomic E-state index is 12.5. The molecule has 1 N–H and O–H groups in total. The van der Waals surface area contributed by atoms with Crippen molar-refractivity contribution in [2.24, 2.45) is 0 Å². The van der Waals surface area contributed by atoms with Gasteiger partial charge in [-0.1, -0.05) is 23.7 Å². The van der Waals surface area contributed by atoms with Gasteiger partial charge in [-0.3, -0.25) is 9.69 Å². The summed E-state index contributed by atoms with van der Waals surface area (Å²) < 4.78 is 5.60. The molecule has 0 bridgehead atoms. The standard InChI is InChI=1S/C24H31ClN4O2/c1-27-11-13-29(14-12-27)23(18-3-8-22-19(15-18)9-10-28(22)2)16-26-24(30)17-31-21-6-4-20(25)5-7-21/h3-8,15,23H,9-14,16-17H2,1-2H3,(H,26,30). The maximum atomic E-state index is 12.5. The first-order chi connectivity index (χ1) is 15.0. The van der Waals surface area contributed by atoms with Crippen LogP contribution < -0.4 is 15.0 Å². The summed E-state index contributed by atoms with van der Waals surface area (Å²) in [4.78, 5) is 19.6. The molecule has 6 nitrogen and oxygen atoms in total. The third-order valence-corrected chi connectivity index (χ3v) is 6.52. The predicted molar refractivity (Wildman–Crippen MR) is 125 cm³/mol. The van der Waals surface area contributed by atoms with E-state index in [-0.39, 0.29) is 18.6 Å². The van der Waals surface area contributed by atoms with Crippen molar-refractivity contribution in [3.05, 3.63) is 58.6 Å². The fourth-order valence-corrected chi connectivity index (χ4v) is 4.45. The van der Waals surface area contributed by atoms with Crippen LogP contribution >= 0.6 is 11.6 Å². The van der Waals surface area contributed by atoms with Crippen LogP contribution in [0.2, 0.25) is 5.02 Å². The summed E-state index contributed by atoms with van der Waals surface area (Å²) in [7, 11) is 4.30. The summed E-state index contributed by atoms with van der Waals surface area (Å²) in [6, 6.07) is 14.0. The van der Waals surface area contributed by atoms with Crippen LogP contribution in [0, 0.1) is 0 Å². The van der Waals surface area contributed by atoms with Crippen LogP contribution in [0.15, 0.2) is 42.5 Å². The number of nitrogens with one attached hydrogen (secondary N) is 1. The van der Waals surface area contributed by atoms with E-state index in [0.29, 0.717) is 17.3 Å². The Balaban J connectivity index is 1.41. The second kappa shape index (κ2) is 9.90. The topological polar surface area (TPSA) is 48.1 Å². The van der Waals surface area contributed by atoms with Gasteiger partial charge in [0.2, 0.25) is 0 Å². The highest BCUT2D eigenvalue weighted by Gasteiger charge is 2.26. The van der Waals surface area contributed by atoms with Crippen LogP contribution in [0.5, 0.6) is 5.75 Å². The minimum absolute atomic E-state index is 0.00786. The fraction of sp³-hybridized carbons (Fsp3) is 0.458. The third kappa shape index (κ3) is 5.50. The predicted octanol–water partition coefficient (Wildman–Crippen LogP) is 2.82. The van der Waals surface area contributed by atoms with Gasteiger partial charge in [0.1, 0.15) is 5.75 Å². The quantitative estimate of drug-likeness (QED) is 0.714. The Morgan fingerprint density at radius 2 is 1.81 bits per heavy atom. The molecule has 1 atom stereocenters. The third-order valence-electron chi connectivity index (χ3n) is 6.27. The van der Waals surface area contributed by atoms with Crippen molar-refractivity contribution in [1.29, 1.82) is 0 Å². The van der Waals surface area contributed by atoms with E-state index < -0.39 is 0 Å². The van der Waals surface area contributed by atoms with Crippen molar-refractivity contribution in [1.82, 2.24) is 15.1 Å². The van der Waals surface area contributed by atoms with Crippen molar-refractivity contribution in [3.8, 4) is 5.75 Å². The van der Waals surface area contributed by atoms with Gasteiger partial charge in [-0.25, -0.2) is 0 Å². The molecule has 2 aliphatic rings. The SMILES string of the molecule is CN1CCN(C(CNC(=O)COc2ccc(Cl)cc2)c2ccc3c(c2)CCN3C)CC1. The molecule has 1 saturated heterocycles. The number of hydrogen-bond donors (Lipinski definition) is 1. The number of fused-ring (bicyclic) bond motifs is 1. The van der Waals surface area contributed by atoms with Gasteiger partial charge in [0.15, 0.2) is 6.61 Å². The number of anilines is 1. The molecule has 0 spiro atoms. The van der Waals surface area contributed by atoms with E-state index in [1.54, 1.807) is 24.3 Å². The largest absolute Gasteiger partial charge is 0.484 e. The molecule has 1 amide bonds. The number of halogens is 1. The zero-order chi connectivity index (χ0) is 21.8. The number of hydrogen-bond acceptors (Lipinski definition) is 5. The zero-order valence-corrected chi connectivity index (χ0v) is 19.1. The van der Waals surface area contributed by atoms with Crippen LogP contribution in [-0.2, 0) is 11.2 Å². The second-order valence-electron chi connectivity index (χ2n) is 8.46. The molecule has 1 fully saturated rings. The van der Waals surface area contributed by atoms with E-state index in [4.69, 9.17) is 16.3 Å². The number of ether oxygens (including phenoxy) is 1. The summed E-state index contributed by atoms with van der Waals surface area (Å²) in [5.74, 6) is 0.521. The first-order valence-electron chi connectivity index (χ1n) is 10.9. The van der Waals surface area contributed by atoms with Gasteiger partial charge < -0.3 is 19.9 Å². The highest BCUT2D eigenvalue weighted by molar-refractivity contribution is 6.30. The fourth-order valence-electron chi connectivity index (χ4n) is 4.33. The van der Waals surface area contributed by atoms with Gasteiger partial charge >= 0.3 is 0 Å². The average molecular weight is 443 g/mol. The van der Waals surface area contributed by atoms with E-state index >= 15 is 0 Å². The van der Waals surface area contributed by atoms with Crippen LogP contribution in [-0.4, -0.2) is 75.7 Å². The number of likely N-dealkylation sites (N-methyl/N-ethyl adjacent to an activating group) is 2. The first kappa shape index (κ1) is 21.9. The monoisotopic (exact) mass is 442 g/mol.